The molecular formula is C14H23NO2. The van der Waals surface area contributed by atoms with Gasteiger partial charge < -0.3 is 15.2 Å². The van der Waals surface area contributed by atoms with Gasteiger partial charge in [0.25, 0.3) is 0 Å². The standard InChI is InChI=1S/C14H23NO2/c1-3-7-15-9-13-5-4-6-14(8-13)17-11-12(2)10-16/h4-6,8,12,15-16H,3,7,9-11H2,1-2H3. The highest BCUT2D eigenvalue weighted by atomic mass is 16.5. The first-order valence-corrected chi connectivity index (χ1v) is 6.29. The van der Waals surface area contributed by atoms with Crippen molar-refractivity contribution in [1.82, 2.24) is 5.32 Å². The smallest absolute Gasteiger partial charge is 0.119 e. The van der Waals surface area contributed by atoms with Gasteiger partial charge in [-0.25, -0.2) is 0 Å². The van der Waals surface area contributed by atoms with Crippen LogP contribution in [-0.2, 0) is 6.54 Å². The number of nitrogens with one attached hydrogen (secondary N) is 1. The topological polar surface area (TPSA) is 41.5 Å². The molecule has 0 spiro atoms. The molecule has 0 amide bonds. The van der Waals surface area contributed by atoms with Crippen LogP contribution in [0.4, 0.5) is 0 Å². The number of aliphatic hydroxyl groups is 1. The van der Waals surface area contributed by atoms with Crippen LogP contribution in [0.3, 0.4) is 0 Å². The van der Waals surface area contributed by atoms with Crippen LogP contribution in [0.5, 0.6) is 5.75 Å². The summed E-state index contributed by atoms with van der Waals surface area (Å²) in [7, 11) is 0. The van der Waals surface area contributed by atoms with Crippen LogP contribution in [0.25, 0.3) is 0 Å². The molecule has 0 heterocycles. The van der Waals surface area contributed by atoms with Crippen LogP contribution in [0, 0.1) is 5.92 Å². The lowest BCUT2D eigenvalue weighted by atomic mass is 10.2. The molecule has 1 aromatic rings. The number of hydrogen-bond acceptors (Lipinski definition) is 3. The van der Waals surface area contributed by atoms with E-state index in [1.807, 2.05) is 25.1 Å². The highest BCUT2D eigenvalue weighted by molar-refractivity contribution is 5.28. The zero-order chi connectivity index (χ0) is 12.5. The van der Waals surface area contributed by atoms with Gasteiger partial charge in [-0.3, -0.25) is 0 Å². The molecular weight excluding hydrogens is 214 g/mol. The summed E-state index contributed by atoms with van der Waals surface area (Å²) in [6.45, 7) is 6.75. The van der Waals surface area contributed by atoms with E-state index in [-0.39, 0.29) is 12.5 Å². The highest BCUT2D eigenvalue weighted by Gasteiger charge is 2.02. The van der Waals surface area contributed by atoms with Gasteiger partial charge in [-0.05, 0) is 30.7 Å². The molecule has 0 aliphatic heterocycles. The maximum Gasteiger partial charge on any atom is 0.119 e. The first-order valence-electron chi connectivity index (χ1n) is 6.29. The molecule has 0 fully saturated rings. The summed E-state index contributed by atoms with van der Waals surface area (Å²) < 4.78 is 5.62. The third-order valence-corrected chi connectivity index (χ3v) is 2.50. The number of aliphatic hydroxyl groups excluding tert-OH is 1. The molecule has 1 aromatic carbocycles. The normalized spacial score (nSPS) is 12.4. The molecule has 17 heavy (non-hydrogen) atoms. The Balaban J connectivity index is 2.42. The van der Waals surface area contributed by atoms with E-state index in [1.165, 1.54) is 5.56 Å². The van der Waals surface area contributed by atoms with Crippen molar-refractivity contribution < 1.29 is 9.84 Å². The summed E-state index contributed by atoms with van der Waals surface area (Å²) in [6, 6.07) is 8.09. The van der Waals surface area contributed by atoms with Crippen LogP contribution in [-0.4, -0.2) is 24.9 Å². The summed E-state index contributed by atoms with van der Waals surface area (Å²) in [5, 5.41) is 12.3. The molecule has 1 unspecified atom stereocenters. The van der Waals surface area contributed by atoms with Crippen molar-refractivity contribution in [2.45, 2.75) is 26.8 Å². The average Bonchev–Trinajstić information content (AvgIpc) is 2.37. The van der Waals surface area contributed by atoms with Gasteiger partial charge >= 0.3 is 0 Å². The van der Waals surface area contributed by atoms with E-state index in [0.29, 0.717) is 6.61 Å². The van der Waals surface area contributed by atoms with Crippen molar-refractivity contribution in [1.29, 1.82) is 0 Å². The van der Waals surface area contributed by atoms with Crippen molar-refractivity contribution >= 4 is 0 Å². The molecule has 0 saturated carbocycles. The molecule has 0 aliphatic carbocycles. The number of ether oxygens (including phenoxy) is 1. The molecule has 0 saturated heterocycles. The van der Waals surface area contributed by atoms with Crippen LogP contribution in [0.2, 0.25) is 0 Å². The molecule has 0 aliphatic rings. The Kier molecular flexibility index (Phi) is 6.67. The molecule has 0 radical (unpaired) electrons. The van der Waals surface area contributed by atoms with Gasteiger partial charge in [0.05, 0.1) is 6.61 Å². The SMILES string of the molecule is CCCNCc1cccc(OCC(C)CO)c1. The van der Waals surface area contributed by atoms with Crippen molar-refractivity contribution in [2.24, 2.45) is 5.92 Å². The fraction of sp³-hybridized carbons (Fsp3) is 0.571. The Morgan fingerprint density at radius 2 is 2.24 bits per heavy atom. The lowest BCUT2D eigenvalue weighted by Crippen LogP contribution is -2.14. The number of benzene rings is 1. The van der Waals surface area contributed by atoms with E-state index in [0.717, 1.165) is 25.3 Å². The van der Waals surface area contributed by atoms with Gasteiger partial charge in [-0.1, -0.05) is 26.0 Å². The lowest BCUT2D eigenvalue weighted by Gasteiger charge is -2.11. The lowest BCUT2D eigenvalue weighted by molar-refractivity contribution is 0.174. The Hall–Kier alpha value is -1.06. The summed E-state index contributed by atoms with van der Waals surface area (Å²) in [5.74, 6) is 1.05. The van der Waals surface area contributed by atoms with Gasteiger partial charge in [0.2, 0.25) is 0 Å². The summed E-state index contributed by atoms with van der Waals surface area (Å²) in [5.41, 5.74) is 1.23. The third-order valence-electron chi connectivity index (χ3n) is 2.50. The Morgan fingerprint density at radius 3 is 2.94 bits per heavy atom. The fourth-order valence-electron chi connectivity index (χ4n) is 1.45. The molecule has 0 aromatic heterocycles. The van der Waals surface area contributed by atoms with Crippen molar-refractivity contribution in [3.63, 3.8) is 0 Å². The minimum atomic E-state index is 0.164. The van der Waals surface area contributed by atoms with E-state index in [2.05, 4.69) is 18.3 Å². The van der Waals surface area contributed by atoms with Crippen molar-refractivity contribution in [3.05, 3.63) is 29.8 Å². The zero-order valence-electron chi connectivity index (χ0n) is 10.8. The molecule has 3 nitrogen and oxygen atoms in total. The van der Waals surface area contributed by atoms with Crippen LogP contribution >= 0.6 is 0 Å². The first-order chi connectivity index (χ1) is 8.26. The van der Waals surface area contributed by atoms with E-state index in [9.17, 15) is 0 Å². The Bertz CT molecular complexity index is 315. The Labute approximate surface area is 104 Å². The second-order valence-corrected chi connectivity index (χ2v) is 4.42. The quantitative estimate of drug-likeness (QED) is 0.681. The van der Waals surface area contributed by atoms with Gasteiger partial charge in [-0.2, -0.15) is 0 Å². The van der Waals surface area contributed by atoms with Gasteiger partial charge in [0.15, 0.2) is 0 Å². The monoisotopic (exact) mass is 237 g/mol. The highest BCUT2D eigenvalue weighted by Crippen LogP contribution is 2.14. The molecule has 2 N–H and O–H groups in total. The van der Waals surface area contributed by atoms with E-state index >= 15 is 0 Å². The molecule has 0 bridgehead atoms. The van der Waals surface area contributed by atoms with Crippen molar-refractivity contribution in [3.8, 4) is 5.75 Å². The zero-order valence-corrected chi connectivity index (χ0v) is 10.8. The molecule has 1 atom stereocenters. The van der Waals surface area contributed by atoms with Crippen molar-refractivity contribution in [2.75, 3.05) is 19.8 Å². The molecule has 1 rings (SSSR count). The van der Waals surface area contributed by atoms with Crippen LogP contribution < -0.4 is 10.1 Å². The Morgan fingerprint density at radius 1 is 1.41 bits per heavy atom. The summed E-state index contributed by atoms with van der Waals surface area (Å²) >= 11 is 0. The number of rotatable bonds is 8. The predicted molar refractivity (Wildman–Crippen MR) is 70.2 cm³/mol. The number of hydrogen-bond donors (Lipinski definition) is 2. The maximum atomic E-state index is 8.92. The fourth-order valence-corrected chi connectivity index (χ4v) is 1.45. The second-order valence-electron chi connectivity index (χ2n) is 4.42. The minimum Gasteiger partial charge on any atom is -0.493 e. The summed E-state index contributed by atoms with van der Waals surface area (Å²) in [6.07, 6.45) is 1.14. The maximum absolute atomic E-state index is 8.92. The van der Waals surface area contributed by atoms with E-state index in [1.54, 1.807) is 0 Å². The predicted octanol–water partition coefficient (Wildman–Crippen LogP) is 2.19. The average molecular weight is 237 g/mol. The van der Waals surface area contributed by atoms with Gasteiger partial charge in [-0.15, -0.1) is 0 Å². The third kappa shape index (κ3) is 5.71. The second kappa shape index (κ2) is 8.09. The van der Waals surface area contributed by atoms with E-state index in [4.69, 9.17) is 9.84 Å². The first kappa shape index (κ1) is 14.0. The van der Waals surface area contributed by atoms with Gasteiger partial charge in [0.1, 0.15) is 5.75 Å². The molecule has 3 heteroatoms. The largest absolute Gasteiger partial charge is 0.493 e. The van der Waals surface area contributed by atoms with Crippen LogP contribution in [0.15, 0.2) is 24.3 Å². The van der Waals surface area contributed by atoms with Crippen LogP contribution in [0.1, 0.15) is 25.8 Å². The minimum absolute atomic E-state index is 0.164. The van der Waals surface area contributed by atoms with Gasteiger partial charge in [0, 0.05) is 19.1 Å². The summed E-state index contributed by atoms with van der Waals surface area (Å²) in [4.78, 5) is 0. The molecule has 96 valence electrons. The van der Waals surface area contributed by atoms with E-state index < -0.39 is 0 Å².